The van der Waals surface area contributed by atoms with Crippen molar-refractivity contribution >= 4 is 5.97 Å². The summed E-state index contributed by atoms with van der Waals surface area (Å²) in [6.45, 7) is 4.85. The number of rotatable bonds is 8. The van der Waals surface area contributed by atoms with Crippen LogP contribution >= 0.6 is 0 Å². The molecular weight excluding hydrogens is 244 g/mol. The van der Waals surface area contributed by atoms with Crippen LogP contribution in [0.1, 0.15) is 49.9 Å². The van der Waals surface area contributed by atoms with E-state index in [4.69, 9.17) is 9.84 Å². The van der Waals surface area contributed by atoms with E-state index in [9.17, 15) is 9.90 Å². The molecule has 1 aromatic rings. The molecule has 0 bridgehead atoms. The van der Waals surface area contributed by atoms with Crippen LogP contribution in [-0.2, 0) is 0 Å². The van der Waals surface area contributed by atoms with Crippen LogP contribution < -0.4 is 9.84 Å². The maximum absolute atomic E-state index is 11.5. The van der Waals surface area contributed by atoms with Crippen molar-refractivity contribution in [3.8, 4) is 11.5 Å². The van der Waals surface area contributed by atoms with Crippen LogP contribution in [0.4, 0.5) is 0 Å². The van der Waals surface area contributed by atoms with Crippen LogP contribution in [-0.4, -0.2) is 17.7 Å². The third kappa shape index (κ3) is 4.81. The van der Waals surface area contributed by atoms with Crippen LogP contribution in [0.25, 0.3) is 0 Å². The molecule has 1 unspecified atom stereocenters. The summed E-state index contributed by atoms with van der Waals surface area (Å²) in [7, 11) is 0. The molecule has 0 fully saturated rings. The topological polar surface area (TPSA) is 69.6 Å². The fourth-order valence-electron chi connectivity index (χ4n) is 1.88. The van der Waals surface area contributed by atoms with Gasteiger partial charge in [-0.15, -0.1) is 0 Å². The van der Waals surface area contributed by atoms with E-state index in [2.05, 4.69) is 13.8 Å². The second kappa shape index (κ2) is 7.67. The SMILES string of the molecule is CCCCC(CC)COc1ccc(C(=O)O)c([O-])c1. The minimum absolute atomic E-state index is 0.217. The van der Waals surface area contributed by atoms with Crippen LogP contribution in [0.2, 0.25) is 0 Å². The van der Waals surface area contributed by atoms with E-state index in [0.717, 1.165) is 19.3 Å². The van der Waals surface area contributed by atoms with Crippen LogP contribution in [0.5, 0.6) is 11.5 Å². The van der Waals surface area contributed by atoms with Gasteiger partial charge in [-0.2, -0.15) is 0 Å². The molecule has 1 aromatic carbocycles. The van der Waals surface area contributed by atoms with E-state index in [0.29, 0.717) is 18.3 Å². The molecule has 1 rings (SSSR count). The van der Waals surface area contributed by atoms with E-state index >= 15 is 0 Å². The standard InChI is InChI=1S/C15H22O4/c1-3-5-6-11(4-2)10-19-12-7-8-13(15(17)18)14(16)9-12/h7-9,11,16H,3-6,10H2,1-2H3,(H,17,18)/p-1. The summed E-state index contributed by atoms with van der Waals surface area (Å²) in [6.07, 6.45) is 4.49. The number of unbranched alkanes of at least 4 members (excludes halogenated alkanes) is 1. The number of carboxylic acid groups (broad SMARTS) is 1. The lowest BCUT2D eigenvalue weighted by molar-refractivity contribution is -0.268. The molecule has 0 amide bonds. The number of ether oxygens (including phenoxy) is 1. The zero-order valence-corrected chi connectivity index (χ0v) is 11.5. The highest BCUT2D eigenvalue weighted by molar-refractivity contribution is 5.90. The Morgan fingerprint density at radius 3 is 2.68 bits per heavy atom. The molecule has 0 aliphatic rings. The maximum Gasteiger partial charge on any atom is 0.335 e. The number of carbonyl (C=O) groups is 1. The molecule has 0 aromatic heterocycles. The van der Waals surface area contributed by atoms with Gasteiger partial charge < -0.3 is 14.9 Å². The van der Waals surface area contributed by atoms with Gasteiger partial charge in [0.15, 0.2) is 0 Å². The van der Waals surface area contributed by atoms with Gasteiger partial charge in [-0.1, -0.05) is 38.9 Å². The zero-order chi connectivity index (χ0) is 14.3. The number of hydrogen-bond acceptors (Lipinski definition) is 3. The predicted molar refractivity (Wildman–Crippen MR) is 71.6 cm³/mol. The molecule has 19 heavy (non-hydrogen) atoms. The van der Waals surface area contributed by atoms with Gasteiger partial charge in [0.2, 0.25) is 0 Å². The lowest BCUT2D eigenvalue weighted by atomic mass is 10.0. The average molecular weight is 265 g/mol. The van der Waals surface area contributed by atoms with Crippen molar-refractivity contribution in [2.24, 2.45) is 5.92 Å². The Morgan fingerprint density at radius 1 is 1.42 bits per heavy atom. The largest absolute Gasteiger partial charge is 0.872 e. The van der Waals surface area contributed by atoms with E-state index in [1.165, 1.54) is 24.6 Å². The molecule has 0 heterocycles. The molecule has 1 N–H and O–H groups in total. The molecule has 106 valence electrons. The van der Waals surface area contributed by atoms with Gasteiger partial charge in [-0.3, -0.25) is 0 Å². The van der Waals surface area contributed by atoms with Crippen LogP contribution in [0.3, 0.4) is 0 Å². The molecule has 4 heteroatoms. The summed E-state index contributed by atoms with van der Waals surface area (Å²) in [5.74, 6) is -0.781. The smallest absolute Gasteiger partial charge is 0.335 e. The van der Waals surface area contributed by atoms with Crippen molar-refractivity contribution in [1.82, 2.24) is 0 Å². The fraction of sp³-hybridized carbons (Fsp3) is 0.533. The minimum Gasteiger partial charge on any atom is -0.872 e. The third-order valence-corrected chi connectivity index (χ3v) is 3.21. The highest BCUT2D eigenvalue weighted by Crippen LogP contribution is 2.22. The van der Waals surface area contributed by atoms with Gasteiger partial charge in [-0.05, 0) is 30.5 Å². The zero-order valence-electron chi connectivity index (χ0n) is 11.5. The number of carboxylic acids is 1. The second-order valence-corrected chi connectivity index (χ2v) is 4.69. The first kappa shape index (κ1) is 15.3. The highest BCUT2D eigenvalue weighted by atomic mass is 16.5. The van der Waals surface area contributed by atoms with Crippen molar-refractivity contribution in [3.63, 3.8) is 0 Å². The lowest BCUT2D eigenvalue weighted by Gasteiger charge is -2.17. The van der Waals surface area contributed by atoms with Crippen molar-refractivity contribution in [1.29, 1.82) is 0 Å². The number of hydrogen-bond donors (Lipinski definition) is 1. The molecule has 0 aliphatic carbocycles. The summed E-state index contributed by atoms with van der Waals surface area (Å²) in [6, 6.07) is 4.08. The second-order valence-electron chi connectivity index (χ2n) is 4.69. The van der Waals surface area contributed by atoms with Gasteiger partial charge >= 0.3 is 5.97 Å². The summed E-state index contributed by atoms with van der Waals surface area (Å²) < 4.78 is 5.58. The van der Waals surface area contributed by atoms with Crippen molar-refractivity contribution in [3.05, 3.63) is 23.8 Å². The normalized spacial score (nSPS) is 12.1. The Hall–Kier alpha value is -1.71. The predicted octanol–water partition coefficient (Wildman–Crippen LogP) is 3.05. The number of benzene rings is 1. The van der Waals surface area contributed by atoms with Gasteiger partial charge in [0.25, 0.3) is 0 Å². The molecular formula is C15H21O4-. The van der Waals surface area contributed by atoms with Gasteiger partial charge in [-0.25, -0.2) is 4.79 Å². The summed E-state index contributed by atoms with van der Waals surface area (Å²) in [5.41, 5.74) is -0.217. The molecule has 0 spiro atoms. The minimum atomic E-state index is -1.20. The summed E-state index contributed by atoms with van der Waals surface area (Å²) in [5, 5.41) is 20.3. The van der Waals surface area contributed by atoms with Gasteiger partial charge in [0.1, 0.15) is 5.75 Å². The molecule has 4 nitrogen and oxygen atoms in total. The Labute approximate surface area is 114 Å². The van der Waals surface area contributed by atoms with Crippen molar-refractivity contribution in [2.45, 2.75) is 39.5 Å². The lowest BCUT2D eigenvalue weighted by Crippen LogP contribution is -2.12. The Kier molecular flexibility index (Phi) is 6.19. The average Bonchev–Trinajstić information content (AvgIpc) is 2.38. The fourth-order valence-corrected chi connectivity index (χ4v) is 1.88. The first-order valence-corrected chi connectivity index (χ1v) is 6.75. The Balaban J connectivity index is 2.57. The highest BCUT2D eigenvalue weighted by Gasteiger charge is 2.08. The molecule has 0 saturated carbocycles. The summed E-state index contributed by atoms with van der Waals surface area (Å²) in [4.78, 5) is 10.7. The Morgan fingerprint density at radius 2 is 2.16 bits per heavy atom. The molecule has 0 aliphatic heterocycles. The van der Waals surface area contributed by atoms with Crippen LogP contribution in [0.15, 0.2) is 18.2 Å². The monoisotopic (exact) mass is 265 g/mol. The molecule has 1 atom stereocenters. The van der Waals surface area contributed by atoms with Gasteiger partial charge in [0.05, 0.1) is 12.2 Å². The van der Waals surface area contributed by atoms with E-state index in [1.807, 2.05) is 0 Å². The summed E-state index contributed by atoms with van der Waals surface area (Å²) >= 11 is 0. The number of aromatic carboxylic acids is 1. The van der Waals surface area contributed by atoms with Crippen LogP contribution in [0, 0.1) is 5.92 Å². The third-order valence-electron chi connectivity index (χ3n) is 3.21. The molecule has 0 radical (unpaired) electrons. The van der Waals surface area contributed by atoms with Crippen molar-refractivity contribution in [2.75, 3.05) is 6.61 Å². The first-order valence-electron chi connectivity index (χ1n) is 6.75. The quantitative estimate of drug-likeness (QED) is 0.784. The Bertz CT molecular complexity index is 415. The molecule has 0 saturated heterocycles. The van der Waals surface area contributed by atoms with E-state index in [-0.39, 0.29) is 5.56 Å². The van der Waals surface area contributed by atoms with Gasteiger partial charge in [0, 0.05) is 0 Å². The maximum atomic E-state index is 11.5. The van der Waals surface area contributed by atoms with E-state index in [1.54, 1.807) is 0 Å². The first-order chi connectivity index (χ1) is 9.08. The van der Waals surface area contributed by atoms with E-state index < -0.39 is 11.7 Å². The van der Waals surface area contributed by atoms with Crippen molar-refractivity contribution < 1.29 is 19.7 Å².